The summed E-state index contributed by atoms with van der Waals surface area (Å²) < 4.78 is 0. The summed E-state index contributed by atoms with van der Waals surface area (Å²) >= 11 is 0. The van der Waals surface area contributed by atoms with Gasteiger partial charge in [0, 0.05) is 6.42 Å². The molecule has 11 N–H and O–H groups in total. The van der Waals surface area contributed by atoms with Crippen LogP contribution in [0.3, 0.4) is 0 Å². The molecule has 0 bridgehead atoms. The maximum atomic E-state index is 14.0. The van der Waals surface area contributed by atoms with Gasteiger partial charge in [0.15, 0.2) is 0 Å². The van der Waals surface area contributed by atoms with Gasteiger partial charge in [-0.2, -0.15) is 0 Å². The van der Waals surface area contributed by atoms with E-state index in [1.54, 1.807) is 26.0 Å². The van der Waals surface area contributed by atoms with E-state index >= 15 is 0 Å². The molecule has 52 heavy (non-hydrogen) atoms. The molecule has 1 aliphatic rings. The van der Waals surface area contributed by atoms with Crippen LogP contribution in [0.25, 0.3) is 0 Å². The van der Waals surface area contributed by atoms with Crippen LogP contribution in [0.15, 0.2) is 24.3 Å². The van der Waals surface area contributed by atoms with Gasteiger partial charge < -0.3 is 48.5 Å². The van der Waals surface area contributed by atoms with Gasteiger partial charge in [-0.25, -0.2) is 0 Å². The number of amides is 7. The number of rotatable bonds is 13. The number of benzene rings is 1. The summed E-state index contributed by atoms with van der Waals surface area (Å²) in [6.45, 7) is 11.1. The molecule has 0 spiro atoms. The van der Waals surface area contributed by atoms with Crippen LogP contribution < -0.4 is 43.4 Å². The molecule has 1 aliphatic heterocycles. The average Bonchev–Trinajstić information content (AvgIpc) is 3.04. The molecule has 16 nitrogen and oxygen atoms in total. The predicted octanol–water partition coefficient (Wildman–Crippen LogP) is -0.390. The van der Waals surface area contributed by atoms with Crippen molar-refractivity contribution in [2.75, 3.05) is 6.54 Å². The first-order valence-corrected chi connectivity index (χ1v) is 18.0. The van der Waals surface area contributed by atoms with Gasteiger partial charge in [-0.3, -0.25) is 33.6 Å². The van der Waals surface area contributed by atoms with Crippen molar-refractivity contribution >= 4 is 41.4 Å². The number of phenols is 1. The average molecular weight is 731 g/mol. The van der Waals surface area contributed by atoms with Gasteiger partial charge >= 0.3 is 0 Å². The van der Waals surface area contributed by atoms with E-state index in [9.17, 15) is 38.7 Å². The van der Waals surface area contributed by atoms with Crippen molar-refractivity contribution in [1.82, 2.24) is 31.9 Å². The van der Waals surface area contributed by atoms with Crippen molar-refractivity contribution in [3.8, 4) is 5.75 Å². The number of aromatic hydroxyl groups is 1. The second-order valence-electron chi connectivity index (χ2n) is 14.6. The van der Waals surface area contributed by atoms with Gasteiger partial charge in [-0.15, -0.1) is 0 Å². The molecule has 0 aliphatic carbocycles. The molecule has 16 heteroatoms. The number of nitrogens with two attached hydrogens (primary N) is 2. The Hall–Kier alpha value is -4.73. The predicted molar refractivity (Wildman–Crippen MR) is 194 cm³/mol. The summed E-state index contributed by atoms with van der Waals surface area (Å²) in [6.07, 6.45) is 0.757. The Bertz CT molecular complexity index is 1400. The highest BCUT2D eigenvalue weighted by Gasteiger charge is 2.36. The van der Waals surface area contributed by atoms with Gasteiger partial charge in [0.1, 0.15) is 42.0 Å². The van der Waals surface area contributed by atoms with Crippen molar-refractivity contribution in [1.29, 1.82) is 0 Å². The lowest BCUT2D eigenvalue weighted by molar-refractivity contribution is -0.137. The first kappa shape index (κ1) is 43.4. The minimum atomic E-state index is -1.51. The number of nitrogens with one attached hydrogen (secondary N) is 6. The van der Waals surface area contributed by atoms with Crippen LogP contribution in [0.2, 0.25) is 0 Å². The highest BCUT2D eigenvalue weighted by Crippen LogP contribution is 2.15. The van der Waals surface area contributed by atoms with Crippen molar-refractivity contribution in [2.24, 2.45) is 29.2 Å². The van der Waals surface area contributed by atoms with E-state index in [0.29, 0.717) is 24.9 Å². The Balaban J connectivity index is 2.69. The molecule has 1 aromatic rings. The van der Waals surface area contributed by atoms with Crippen LogP contribution in [0.5, 0.6) is 5.75 Å². The second-order valence-corrected chi connectivity index (χ2v) is 14.6. The minimum absolute atomic E-state index is 0.00407. The maximum absolute atomic E-state index is 14.0. The topological polar surface area (TPSA) is 264 Å². The lowest BCUT2D eigenvalue weighted by Gasteiger charge is -2.30. The molecule has 0 unspecified atom stereocenters. The van der Waals surface area contributed by atoms with Crippen LogP contribution in [-0.4, -0.2) is 89.3 Å². The Labute approximate surface area is 305 Å². The Morgan fingerprint density at radius 2 is 1.08 bits per heavy atom. The second kappa shape index (κ2) is 21.0. The molecule has 1 fully saturated rings. The SMILES string of the molecule is CC(C)C[C@@H]1NC(=O)[C@H](Cc2ccc(O)cc2)NC(=O)[C@@H](CCCCN)NC(=O)[C@H](CC(N)=O)NC(=O)[C@H](C(C)C)NC(=O)[C@@H](CC(C)C)NC1=O. The van der Waals surface area contributed by atoms with Crippen LogP contribution in [-0.2, 0) is 40.0 Å². The number of hydrogen-bond donors (Lipinski definition) is 9. The van der Waals surface area contributed by atoms with Crippen molar-refractivity contribution in [3.63, 3.8) is 0 Å². The largest absolute Gasteiger partial charge is 0.508 e. The van der Waals surface area contributed by atoms with Crippen LogP contribution in [0, 0.1) is 17.8 Å². The van der Waals surface area contributed by atoms with E-state index in [2.05, 4.69) is 31.9 Å². The molecule has 0 radical (unpaired) electrons. The molecule has 0 aromatic heterocycles. The third kappa shape index (κ3) is 14.5. The Kier molecular flexibility index (Phi) is 17.5. The molecule has 1 heterocycles. The fourth-order valence-electron chi connectivity index (χ4n) is 5.79. The quantitative estimate of drug-likeness (QED) is 0.120. The fraction of sp³-hybridized carbons (Fsp3) is 0.639. The monoisotopic (exact) mass is 730 g/mol. The molecule has 290 valence electrons. The molecular formula is C36H58N8O8. The van der Waals surface area contributed by atoms with Crippen molar-refractivity contribution < 1.29 is 38.7 Å². The van der Waals surface area contributed by atoms with Gasteiger partial charge in [0.2, 0.25) is 41.4 Å². The summed E-state index contributed by atoms with van der Waals surface area (Å²) in [5.41, 5.74) is 11.7. The lowest BCUT2D eigenvalue weighted by Crippen LogP contribution is -2.62. The highest BCUT2D eigenvalue weighted by molar-refractivity contribution is 5.99. The third-order valence-electron chi connectivity index (χ3n) is 8.55. The normalized spacial score (nSPS) is 24.3. The summed E-state index contributed by atoms with van der Waals surface area (Å²) in [4.78, 5) is 94.8. The van der Waals surface area contributed by atoms with Gasteiger partial charge in [0.25, 0.3) is 0 Å². The summed E-state index contributed by atoms with van der Waals surface area (Å²) in [5, 5.41) is 25.9. The first-order valence-electron chi connectivity index (χ1n) is 18.0. The summed E-state index contributed by atoms with van der Waals surface area (Å²) in [6, 6.07) is -1.36. The minimum Gasteiger partial charge on any atom is -0.508 e. The number of hydrogen-bond acceptors (Lipinski definition) is 9. The van der Waals surface area contributed by atoms with E-state index in [0.717, 1.165) is 0 Å². The maximum Gasteiger partial charge on any atom is 0.243 e. The standard InChI is InChI=1S/C36H58N8O8/c1-19(2)15-25-32(48)41-26(16-20(3)4)35(51)44-30(21(5)6)36(52)43-28(18-29(38)46)34(50)39-24(9-7-8-14-37)31(47)42-27(33(49)40-25)17-22-10-12-23(45)13-11-22/h10-13,19-21,24-28,30,45H,7-9,14-18,37H2,1-6H3,(H2,38,46)(H,39,50)(H,40,49)(H,41,48)(H,42,47)(H,43,52)(H,44,51)/t24-,25+,26-,27+,28+,30+/m1/s1. The summed E-state index contributed by atoms with van der Waals surface area (Å²) in [5.74, 6) is -5.89. The Morgan fingerprint density at radius 1 is 0.635 bits per heavy atom. The third-order valence-corrected chi connectivity index (χ3v) is 8.55. The van der Waals surface area contributed by atoms with Crippen LogP contribution in [0.1, 0.15) is 85.6 Å². The number of carbonyl (C=O) groups excluding carboxylic acids is 7. The van der Waals surface area contributed by atoms with E-state index < -0.39 is 89.9 Å². The smallest absolute Gasteiger partial charge is 0.243 e. The van der Waals surface area contributed by atoms with Crippen LogP contribution >= 0.6 is 0 Å². The van der Waals surface area contributed by atoms with Gasteiger partial charge in [0.05, 0.1) is 6.42 Å². The molecule has 0 saturated carbocycles. The summed E-state index contributed by atoms with van der Waals surface area (Å²) in [7, 11) is 0. The number of phenolic OH excluding ortho intramolecular Hbond substituents is 1. The molecule has 6 atom stereocenters. The van der Waals surface area contributed by atoms with E-state index in [1.807, 2.05) is 27.7 Å². The van der Waals surface area contributed by atoms with Gasteiger partial charge in [-0.05, 0) is 74.1 Å². The molecule has 7 amide bonds. The molecular weight excluding hydrogens is 672 g/mol. The fourth-order valence-corrected chi connectivity index (χ4v) is 5.79. The molecule has 1 saturated heterocycles. The first-order chi connectivity index (χ1) is 24.4. The molecule has 2 rings (SSSR count). The van der Waals surface area contributed by atoms with Gasteiger partial charge in [-0.1, -0.05) is 53.7 Å². The highest BCUT2D eigenvalue weighted by atomic mass is 16.3. The zero-order chi connectivity index (χ0) is 39.1. The number of unbranched alkanes of at least 4 members (excludes halogenated alkanes) is 1. The lowest BCUT2D eigenvalue weighted by atomic mass is 9.97. The molecule has 1 aromatic carbocycles. The van der Waals surface area contributed by atoms with Crippen LogP contribution in [0.4, 0.5) is 0 Å². The van der Waals surface area contributed by atoms with Crippen molar-refractivity contribution in [2.45, 2.75) is 123 Å². The van der Waals surface area contributed by atoms with E-state index in [-0.39, 0.29) is 43.3 Å². The zero-order valence-corrected chi connectivity index (χ0v) is 31.1. The number of primary amides is 1. The van der Waals surface area contributed by atoms with E-state index in [1.165, 1.54) is 12.1 Å². The van der Waals surface area contributed by atoms with E-state index in [4.69, 9.17) is 11.5 Å². The Morgan fingerprint density at radius 3 is 1.58 bits per heavy atom. The number of carbonyl (C=O) groups is 7. The van der Waals surface area contributed by atoms with Crippen molar-refractivity contribution in [3.05, 3.63) is 29.8 Å². The zero-order valence-electron chi connectivity index (χ0n) is 31.1.